The second kappa shape index (κ2) is 4.42. The first-order valence-corrected chi connectivity index (χ1v) is 6.67. The lowest BCUT2D eigenvalue weighted by atomic mass is 10.0. The van der Waals surface area contributed by atoms with Crippen LogP contribution in [0.1, 0.15) is 16.9 Å². The molecule has 1 aliphatic rings. The first kappa shape index (κ1) is 12.3. The standard InChI is InChI=1S/C13H14Cl2N2O/c1-17-3-2-7-9(14)4-10(15)13-12(7)8(6-17)11(5-16)18-13/h4H,2-3,5-6,16H2,1H3. The van der Waals surface area contributed by atoms with Gasteiger partial charge in [-0.05, 0) is 25.1 Å². The van der Waals surface area contributed by atoms with E-state index in [9.17, 15) is 0 Å². The third-order valence-electron chi connectivity index (χ3n) is 3.51. The Hall–Kier alpha value is -0.740. The molecule has 3 nitrogen and oxygen atoms in total. The summed E-state index contributed by atoms with van der Waals surface area (Å²) in [5.41, 5.74) is 8.74. The minimum atomic E-state index is 0.380. The zero-order chi connectivity index (χ0) is 12.9. The molecule has 5 heteroatoms. The number of nitrogens with zero attached hydrogens (tertiary/aromatic N) is 1. The predicted octanol–water partition coefficient (Wildman–Crippen LogP) is 3.19. The largest absolute Gasteiger partial charge is 0.458 e. The summed E-state index contributed by atoms with van der Waals surface area (Å²) < 4.78 is 5.81. The Morgan fingerprint density at radius 2 is 2.11 bits per heavy atom. The van der Waals surface area contributed by atoms with Crippen LogP contribution in [0, 0.1) is 0 Å². The van der Waals surface area contributed by atoms with E-state index >= 15 is 0 Å². The van der Waals surface area contributed by atoms with E-state index in [1.807, 2.05) is 0 Å². The quantitative estimate of drug-likeness (QED) is 0.875. The van der Waals surface area contributed by atoms with Crippen LogP contribution in [0.4, 0.5) is 0 Å². The molecule has 2 N–H and O–H groups in total. The van der Waals surface area contributed by atoms with Crippen molar-refractivity contribution >= 4 is 34.2 Å². The summed E-state index contributed by atoms with van der Waals surface area (Å²) in [7, 11) is 2.08. The van der Waals surface area contributed by atoms with Crippen LogP contribution >= 0.6 is 23.2 Å². The Balaban J connectivity index is 2.40. The van der Waals surface area contributed by atoms with Crippen molar-refractivity contribution in [1.82, 2.24) is 4.90 Å². The number of hydrogen-bond donors (Lipinski definition) is 1. The topological polar surface area (TPSA) is 42.4 Å². The molecule has 0 amide bonds. The highest BCUT2D eigenvalue weighted by Gasteiger charge is 2.24. The molecule has 2 heterocycles. The van der Waals surface area contributed by atoms with E-state index in [-0.39, 0.29) is 0 Å². The van der Waals surface area contributed by atoms with Crippen LogP contribution < -0.4 is 5.73 Å². The average molecular weight is 285 g/mol. The average Bonchev–Trinajstić information content (AvgIpc) is 2.59. The van der Waals surface area contributed by atoms with Gasteiger partial charge in [0, 0.05) is 29.1 Å². The maximum Gasteiger partial charge on any atom is 0.153 e. The Labute approximate surface area is 115 Å². The minimum absolute atomic E-state index is 0.380. The van der Waals surface area contributed by atoms with Crippen molar-refractivity contribution < 1.29 is 4.42 Å². The van der Waals surface area contributed by atoms with Crippen LogP contribution in [0.3, 0.4) is 0 Å². The van der Waals surface area contributed by atoms with Gasteiger partial charge in [0.25, 0.3) is 0 Å². The van der Waals surface area contributed by atoms with E-state index in [1.54, 1.807) is 6.07 Å². The van der Waals surface area contributed by atoms with Gasteiger partial charge in [0.1, 0.15) is 5.76 Å². The number of rotatable bonds is 1. The maximum atomic E-state index is 6.31. The highest BCUT2D eigenvalue weighted by Crippen LogP contribution is 2.39. The van der Waals surface area contributed by atoms with E-state index in [2.05, 4.69) is 11.9 Å². The fourth-order valence-corrected chi connectivity index (χ4v) is 3.21. The van der Waals surface area contributed by atoms with Crippen LogP contribution in [0.2, 0.25) is 10.0 Å². The van der Waals surface area contributed by atoms with E-state index in [0.29, 0.717) is 16.6 Å². The number of likely N-dealkylation sites (N-methyl/N-ethyl adjacent to an activating group) is 1. The van der Waals surface area contributed by atoms with Gasteiger partial charge < -0.3 is 15.1 Å². The molecule has 0 radical (unpaired) electrons. The molecule has 0 atom stereocenters. The molecule has 1 aromatic heterocycles. The Morgan fingerprint density at radius 1 is 1.33 bits per heavy atom. The molecule has 0 fully saturated rings. The van der Waals surface area contributed by atoms with Crippen LogP contribution in [-0.2, 0) is 19.5 Å². The molecule has 0 spiro atoms. The van der Waals surface area contributed by atoms with Gasteiger partial charge in [-0.3, -0.25) is 0 Å². The molecular formula is C13H14Cl2N2O. The van der Waals surface area contributed by atoms with Gasteiger partial charge >= 0.3 is 0 Å². The molecule has 3 rings (SSSR count). The van der Waals surface area contributed by atoms with E-state index in [0.717, 1.165) is 47.4 Å². The molecule has 0 unspecified atom stereocenters. The molecule has 2 aromatic rings. The van der Waals surface area contributed by atoms with Crippen molar-refractivity contribution in [3.05, 3.63) is 33.0 Å². The second-order valence-corrected chi connectivity index (χ2v) is 5.53. The molecule has 96 valence electrons. The summed E-state index contributed by atoms with van der Waals surface area (Å²) >= 11 is 12.5. The monoisotopic (exact) mass is 284 g/mol. The predicted molar refractivity (Wildman–Crippen MR) is 74.2 cm³/mol. The van der Waals surface area contributed by atoms with Crippen LogP contribution in [0.25, 0.3) is 11.0 Å². The fourth-order valence-electron chi connectivity index (χ4n) is 2.61. The fraction of sp³-hybridized carbons (Fsp3) is 0.385. The Morgan fingerprint density at radius 3 is 2.83 bits per heavy atom. The minimum Gasteiger partial charge on any atom is -0.458 e. The highest BCUT2D eigenvalue weighted by molar-refractivity contribution is 6.39. The second-order valence-electron chi connectivity index (χ2n) is 4.72. The summed E-state index contributed by atoms with van der Waals surface area (Å²) in [6.45, 7) is 2.17. The molecule has 1 aliphatic heterocycles. The normalized spacial score (nSPS) is 16.2. The summed E-state index contributed by atoms with van der Waals surface area (Å²) in [4.78, 5) is 2.24. The molecule has 18 heavy (non-hydrogen) atoms. The molecule has 0 saturated heterocycles. The summed E-state index contributed by atoms with van der Waals surface area (Å²) in [6.07, 6.45) is 0.902. The molecule has 0 aliphatic carbocycles. The Bertz CT molecular complexity index is 621. The summed E-state index contributed by atoms with van der Waals surface area (Å²) in [6, 6.07) is 1.76. The lowest BCUT2D eigenvalue weighted by Crippen LogP contribution is -2.19. The molecule has 0 saturated carbocycles. The van der Waals surface area contributed by atoms with Gasteiger partial charge in [0.15, 0.2) is 5.58 Å². The smallest absolute Gasteiger partial charge is 0.153 e. The highest BCUT2D eigenvalue weighted by atomic mass is 35.5. The van der Waals surface area contributed by atoms with Crippen molar-refractivity contribution in [3.63, 3.8) is 0 Å². The molecule has 0 bridgehead atoms. The van der Waals surface area contributed by atoms with Gasteiger partial charge in [0.05, 0.1) is 11.6 Å². The van der Waals surface area contributed by atoms with Crippen molar-refractivity contribution in [2.24, 2.45) is 5.73 Å². The van der Waals surface area contributed by atoms with Crippen molar-refractivity contribution in [1.29, 1.82) is 0 Å². The van der Waals surface area contributed by atoms with Crippen LogP contribution in [0.5, 0.6) is 0 Å². The number of hydrogen-bond acceptors (Lipinski definition) is 3. The summed E-state index contributed by atoms with van der Waals surface area (Å²) in [5, 5.41) is 2.34. The molecular weight excluding hydrogens is 271 g/mol. The zero-order valence-corrected chi connectivity index (χ0v) is 11.6. The maximum absolute atomic E-state index is 6.31. The zero-order valence-electron chi connectivity index (χ0n) is 10.1. The number of furan rings is 1. The third-order valence-corrected chi connectivity index (χ3v) is 4.13. The number of nitrogens with two attached hydrogens (primary N) is 1. The lowest BCUT2D eigenvalue weighted by Gasteiger charge is -2.13. The lowest BCUT2D eigenvalue weighted by molar-refractivity contribution is 0.332. The summed E-state index contributed by atoms with van der Waals surface area (Å²) in [5.74, 6) is 0.809. The van der Waals surface area contributed by atoms with E-state index in [4.69, 9.17) is 33.4 Å². The van der Waals surface area contributed by atoms with Crippen molar-refractivity contribution in [2.75, 3.05) is 13.6 Å². The van der Waals surface area contributed by atoms with Crippen molar-refractivity contribution in [3.8, 4) is 0 Å². The number of halogens is 2. The SMILES string of the molecule is CN1CCc2c(Cl)cc(Cl)c3oc(CN)c(c23)C1. The van der Waals surface area contributed by atoms with Gasteiger partial charge in [-0.25, -0.2) is 0 Å². The van der Waals surface area contributed by atoms with Gasteiger partial charge in [0.2, 0.25) is 0 Å². The van der Waals surface area contributed by atoms with E-state index < -0.39 is 0 Å². The molecule has 1 aromatic carbocycles. The third kappa shape index (κ3) is 1.74. The first-order chi connectivity index (χ1) is 8.61. The Kier molecular flexibility index (Phi) is 3.02. The van der Waals surface area contributed by atoms with Gasteiger partial charge in [-0.1, -0.05) is 23.2 Å². The van der Waals surface area contributed by atoms with Gasteiger partial charge in [-0.2, -0.15) is 0 Å². The van der Waals surface area contributed by atoms with Crippen LogP contribution in [0.15, 0.2) is 10.5 Å². The van der Waals surface area contributed by atoms with Crippen LogP contribution in [-0.4, -0.2) is 18.5 Å². The first-order valence-electron chi connectivity index (χ1n) is 5.91. The number of benzene rings is 1. The van der Waals surface area contributed by atoms with E-state index in [1.165, 1.54) is 0 Å². The van der Waals surface area contributed by atoms with Crippen molar-refractivity contribution in [2.45, 2.75) is 19.5 Å². The van der Waals surface area contributed by atoms with Gasteiger partial charge in [-0.15, -0.1) is 0 Å².